The van der Waals surface area contributed by atoms with E-state index in [4.69, 9.17) is 16.6 Å². The van der Waals surface area contributed by atoms with Crippen LogP contribution in [0.15, 0.2) is 60.8 Å². The summed E-state index contributed by atoms with van der Waals surface area (Å²) in [5, 5.41) is 1.48. The van der Waals surface area contributed by atoms with Gasteiger partial charge in [-0.15, -0.1) is 13.2 Å². The van der Waals surface area contributed by atoms with Crippen molar-refractivity contribution in [3.8, 4) is 22.7 Å². The SMILES string of the molecule is O=S1CCN(CCCc2cn(-c3cccc(Cl)c3)c3nc(-c4ccc(OC(F)(F)F)c(F)c4)ccc23)CC1. The fourth-order valence-electron chi connectivity index (χ4n) is 4.61. The molecule has 2 aromatic heterocycles. The van der Waals surface area contributed by atoms with Gasteiger partial charge in [0.25, 0.3) is 0 Å². The number of hydrogen-bond donors (Lipinski definition) is 0. The molecule has 0 amide bonds. The van der Waals surface area contributed by atoms with Crippen LogP contribution in [0.4, 0.5) is 17.6 Å². The first-order chi connectivity index (χ1) is 18.2. The average molecular weight is 566 g/mol. The number of hydrogen-bond acceptors (Lipinski definition) is 4. The predicted octanol–water partition coefficient (Wildman–Crippen LogP) is 6.38. The van der Waals surface area contributed by atoms with Crippen LogP contribution < -0.4 is 4.74 Å². The smallest absolute Gasteiger partial charge is 0.403 e. The van der Waals surface area contributed by atoms with Crippen molar-refractivity contribution in [3.05, 3.63) is 77.2 Å². The summed E-state index contributed by atoms with van der Waals surface area (Å²) in [5.74, 6) is -0.601. The Bertz CT molecular complexity index is 1480. The number of aromatic nitrogens is 2. The van der Waals surface area contributed by atoms with Gasteiger partial charge in [0.05, 0.1) is 5.69 Å². The van der Waals surface area contributed by atoms with Gasteiger partial charge >= 0.3 is 6.36 Å². The van der Waals surface area contributed by atoms with Gasteiger partial charge in [-0.05, 0) is 73.5 Å². The normalized spacial score (nSPS) is 15.3. The highest BCUT2D eigenvalue weighted by atomic mass is 35.5. The number of halogens is 5. The maximum atomic E-state index is 14.4. The number of ether oxygens (including phenoxy) is 1. The van der Waals surface area contributed by atoms with Crippen molar-refractivity contribution in [1.82, 2.24) is 14.5 Å². The molecule has 2 aromatic carbocycles. The maximum Gasteiger partial charge on any atom is 0.573 e. The van der Waals surface area contributed by atoms with E-state index in [0.29, 0.717) is 33.4 Å². The first-order valence-electron chi connectivity index (χ1n) is 12.1. The molecule has 3 heterocycles. The molecule has 0 N–H and O–H groups in total. The first-order valence-corrected chi connectivity index (χ1v) is 13.9. The van der Waals surface area contributed by atoms with E-state index in [1.807, 2.05) is 35.0 Å². The van der Waals surface area contributed by atoms with Gasteiger partial charge in [-0.25, -0.2) is 9.37 Å². The summed E-state index contributed by atoms with van der Waals surface area (Å²) in [6, 6.07) is 14.2. The summed E-state index contributed by atoms with van der Waals surface area (Å²) in [7, 11) is -0.711. The number of benzene rings is 2. The fourth-order valence-corrected chi connectivity index (χ4v) is 5.92. The monoisotopic (exact) mass is 565 g/mol. The third kappa shape index (κ3) is 6.19. The topological polar surface area (TPSA) is 47.4 Å². The number of rotatable bonds is 7. The van der Waals surface area contributed by atoms with Crippen molar-refractivity contribution >= 4 is 33.4 Å². The summed E-state index contributed by atoms with van der Waals surface area (Å²) in [6.45, 7) is 2.58. The Labute approximate surface area is 224 Å². The molecule has 1 fully saturated rings. The van der Waals surface area contributed by atoms with Gasteiger partial charge in [-0.2, -0.15) is 0 Å². The standard InChI is InChI=1S/C27H24ClF4N3O2S/c28-20-4-1-5-21(16-20)35-17-19(3-2-10-34-11-13-38(36)14-12-34)22-7-8-24(33-26(22)35)18-6-9-25(23(29)15-18)37-27(30,31)32/h1,4-9,15-17H,2-3,10-14H2. The van der Waals surface area contributed by atoms with Crippen LogP contribution in [0.5, 0.6) is 5.75 Å². The van der Waals surface area contributed by atoms with Crippen LogP contribution in [0.25, 0.3) is 28.0 Å². The zero-order valence-corrected chi connectivity index (χ0v) is 21.8. The fraction of sp³-hybridized carbons (Fsp3) is 0.296. The lowest BCUT2D eigenvalue weighted by Gasteiger charge is -2.25. The van der Waals surface area contributed by atoms with Crippen molar-refractivity contribution in [2.24, 2.45) is 0 Å². The number of aryl methyl sites for hydroxylation is 1. The largest absolute Gasteiger partial charge is 0.573 e. The highest BCUT2D eigenvalue weighted by molar-refractivity contribution is 7.85. The average Bonchev–Trinajstić information content (AvgIpc) is 3.23. The van der Waals surface area contributed by atoms with E-state index in [-0.39, 0.29) is 0 Å². The van der Waals surface area contributed by atoms with Gasteiger partial charge in [-0.1, -0.05) is 17.7 Å². The van der Waals surface area contributed by atoms with E-state index < -0.39 is 28.7 Å². The molecular weight excluding hydrogens is 542 g/mol. The van der Waals surface area contributed by atoms with Gasteiger partial charge in [-0.3, -0.25) is 4.21 Å². The van der Waals surface area contributed by atoms with Crippen LogP contribution >= 0.6 is 11.6 Å². The first kappa shape index (κ1) is 26.6. The second kappa shape index (κ2) is 11.0. The Hall–Kier alpha value is -2.95. The highest BCUT2D eigenvalue weighted by Crippen LogP contribution is 2.32. The summed E-state index contributed by atoms with van der Waals surface area (Å²) >= 11 is 6.24. The quantitative estimate of drug-likeness (QED) is 0.244. The highest BCUT2D eigenvalue weighted by Gasteiger charge is 2.32. The molecule has 0 radical (unpaired) electrons. The van der Waals surface area contributed by atoms with Crippen molar-refractivity contribution in [1.29, 1.82) is 0 Å². The predicted molar refractivity (Wildman–Crippen MR) is 141 cm³/mol. The van der Waals surface area contributed by atoms with Gasteiger partial charge in [0.15, 0.2) is 11.6 Å². The lowest BCUT2D eigenvalue weighted by atomic mass is 10.1. The van der Waals surface area contributed by atoms with E-state index >= 15 is 0 Å². The van der Waals surface area contributed by atoms with E-state index in [9.17, 15) is 21.8 Å². The van der Waals surface area contributed by atoms with Crippen molar-refractivity contribution in [2.45, 2.75) is 19.2 Å². The minimum Gasteiger partial charge on any atom is -0.403 e. The summed E-state index contributed by atoms with van der Waals surface area (Å²) in [4.78, 5) is 7.10. The summed E-state index contributed by atoms with van der Waals surface area (Å²) in [6.07, 6.45) is -1.27. The Morgan fingerprint density at radius 2 is 1.84 bits per heavy atom. The molecule has 1 aliphatic rings. The second-order valence-corrected chi connectivity index (χ2v) is 11.2. The third-order valence-electron chi connectivity index (χ3n) is 6.46. The number of fused-ring (bicyclic) bond motifs is 1. The van der Waals surface area contributed by atoms with Crippen molar-refractivity contribution < 1.29 is 26.5 Å². The molecule has 0 saturated carbocycles. The summed E-state index contributed by atoms with van der Waals surface area (Å²) in [5.41, 5.74) is 3.24. The van der Waals surface area contributed by atoms with Crippen LogP contribution in [-0.2, 0) is 17.2 Å². The molecular formula is C27H24ClF4N3O2S. The minimum atomic E-state index is -4.99. The molecule has 5 nitrogen and oxygen atoms in total. The van der Waals surface area contributed by atoms with Crippen LogP contribution in [0.3, 0.4) is 0 Å². The molecule has 1 aliphatic heterocycles. The van der Waals surface area contributed by atoms with Crippen LogP contribution in [0.2, 0.25) is 5.02 Å². The molecule has 38 heavy (non-hydrogen) atoms. The molecule has 200 valence electrons. The molecule has 1 saturated heterocycles. The van der Waals surface area contributed by atoms with Gasteiger partial charge < -0.3 is 14.2 Å². The Morgan fingerprint density at radius 3 is 2.55 bits per heavy atom. The molecule has 0 spiro atoms. The van der Waals surface area contributed by atoms with Gasteiger partial charge in [0.1, 0.15) is 5.65 Å². The van der Waals surface area contributed by atoms with E-state index in [0.717, 1.165) is 61.2 Å². The zero-order valence-electron chi connectivity index (χ0n) is 20.2. The second-order valence-electron chi connectivity index (χ2n) is 9.06. The Balaban J connectivity index is 1.46. The minimum absolute atomic E-state index is 0.321. The Kier molecular flexibility index (Phi) is 7.74. The molecule has 11 heteroatoms. The molecule has 0 aliphatic carbocycles. The van der Waals surface area contributed by atoms with Crippen molar-refractivity contribution in [3.63, 3.8) is 0 Å². The van der Waals surface area contributed by atoms with E-state index in [1.165, 1.54) is 6.07 Å². The lowest BCUT2D eigenvalue weighted by molar-refractivity contribution is -0.275. The van der Waals surface area contributed by atoms with Crippen LogP contribution in [0.1, 0.15) is 12.0 Å². The number of nitrogens with zero attached hydrogens (tertiary/aromatic N) is 3. The van der Waals surface area contributed by atoms with Gasteiger partial charge in [0.2, 0.25) is 0 Å². The molecule has 0 bridgehead atoms. The van der Waals surface area contributed by atoms with E-state index in [1.54, 1.807) is 12.1 Å². The maximum absolute atomic E-state index is 14.4. The molecule has 4 aromatic rings. The third-order valence-corrected chi connectivity index (χ3v) is 7.98. The molecule has 0 unspecified atom stereocenters. The Morgan fingerprint density at radius 1 is 1.05 bits per heavy atom. The number of alkyl halides is 3. The van der Waals surface area contributed by atoms with Crippen LogP contribution in [0, 0.1) is 5.82 Å². The van der Waals surface area contributed by atoms with Crippen LogP contribution in [-0.4, -0.2) is 56.2 Å². The lowest BCUT2D eigenvalue weighted by Crippen LogP contribution is -2.38. The molecule has 5 rings (SSSR count). The van der Waals surface area contributed by atoms with E-state index in [2.05, 4.69) is 9.64 Å². The number of pyridine rings is 1. The molecule has 0 atom stereocenters. The zero-order chi connectivity index (χ0) is 26.9. The summed E-state index contributed by atoms with van der Waals surface area (Å²) < 4.78 is 69.3. The van der Waals surface area contributed by atoms with Crippen molar-refractivity contribution in [2.75, 3.05) is 31.1 Å². The van der Waals surface area contributed by atoms with Gasteiger partial charge in [0, 0.05) is 63.3 Å².